The summed E-state index contributed by atoms with van der Waals surface area (Å²) in [5, 5.41) is 0. The number of carbonyl (C=O) groups is 1. The molecule has 0 radical (unpaired) electrons. The Hall–Kier alpha value is -1.18. The van der Waals surface area contributed by atoms with Crippen molar-refractivity contribution >= 4 is 5.78 Å². The standard InChI is InChI=1S/C13H17NO/c15-12-7-3-5-11(6-4-8-12)13-9-1-2-10-14-13/h1-2,9-11H,3-8H2. The second-order valence-corrected chi connectivity index (χ2v) is 4.27. The number of Topliss-reactive ketones (excluding diaryl/α,β-unsaturated/α-hetero) is 1. The van der Waals surface area contributed by atoms with Crippen LogP contribution in [0.3, 0.4) is 0 Å². The fourth-order valence-electron chi connectivity index (χ4n) is 2.27. The van der Waals surface area contributed by atoms with Crippen molar-refractivity contribution in [3.63, 3.8) is 0 Å². The molecule has 15 heavy (non-hydrogen) atoms. The quantitative estimate of drug-likeness (QED) is 0.702. The summed E-state index contributed by atoms with van der Waals surface area (Å²) in [5.74, 6) is 1.01. The third kappa shape index (κ3) is 2.88. The summed E-state index contributed by atoms with van der Waals surface area (Å²) in [4.78, 5) is 15.7. The fraction of sp³-hybridized carbons (Fsp3) is 0.538. The Morgan fingerprint density at radius 3 is 2.47 bits per heavy atom. The van der Waals surface area contributed by atoms with E-state index < -0.39 is 0 Å². The number of hydrogen-bond donors (Lipinski definition) is 0. The summed E-state index contributed by atoms with van der Waals surface area (Å²) in [5.41, 5.74) is 1.20. The average Bonchev–Trinajstić information content (AvgIpc) is 2.24. The fourth-order valence-corrected chi connectivity index (χ4v) is 2.27. The second-order valence-electron chi connectivity index (χ2n) is 4.27. The number of nitrogens with zero attached hydrogens (tertiary/aromatic N) is 1. The van der Waals surface area contributed by atoms with E-state index in [-0.39, 0.29) is 0 Å². The lowest BCUT2D eigenvalue weighted by atomic mass is 9.88. The first-order valence-electron chi connectivity index (χ1n) is 5.79. The van der Waals surface area contributed by atoms with Crippen molar-refractivity contribution in [2.75, 3.05) is 0 Å². The van der Waals surface area contributed by atoms with E-state index in [9.17, 15) is 4.79 Å². The number of ketones is 1. The number of rotatable bonds is 1. The van der Waals surface area contributed by atoms with Crippen LogP contribution in [0.25, 0.3) is 0 Å². The van der Waals surface area contributed by atoms with Crippen molar-refractivity contribution in [2.45, 2.75) is 44.4 Å². The highest BCUT2D eigenvalue weighted by Gasteiger charge is 2.16. The van der Waals surface area contributed by atoms with Crippen molar-refractivity contribution in [2.24, 2.45) is 0 Å². The molecule has 1 aliphatic rings. The van der Waals surface area contributed by atoms with E-state index in [4.69, 9.17) is 0 Å². The molecule has 1 aliphatic carbocycles. The molecule has 1 aromatic heterocycles. The summed E-state index contributed by atoms with van der Waals surface area (Å²) >= 11 is 0. The van der Waals surface area contributed by atoms with Gasteiger partial charge in [-0.2, -0.15) is 0 Å². The lowest BCUT2D eigenvalue weighted by Gasteiger charge is -2.18. The Bertz CT molecular complexity index is 309. The summed E-state index contributed by atoms with van der Waals surface area (Å²) < 4.78 is 0. The first kappa shape index (κ1) is 10.3. The van der Waals surface area contributed by atoms with Crippen LogP contribution in [0.5, 0.6) is 0 Å². The largest absolute Gasteiger partial charge is 0.300 e. The monoisotopic (exact) mass is 203 g/mol. The van der Waals surface area contributed by atoms with Crippen molar-refractivity contribution in [3.05, 3.63) is 30.1 Å². The van der Waals surface area contributed by atoms with Gasteiger partial charge in [-0.25, -0.2) is 0 Å². The zero-order valence-corrected chi connectivity index (χ0v) is 8.98. The molecule has 0 spiro atoms. The van der Waals surface area contributed by atoms with Gasteiger partial charge in [0, 0.05) is 30.7 Å². The lowest BCUT2D eigenvalue weighted by Crippen LogP contribution is -2.08. The SMILES string of the molecule is O=C1CCCC(c2ccccn2)CCC1. The van der Waals surface area contributed by atoms with Crippen LogP contribution in [-0.4, -0.2) is 10.8 Å². The van der Waals surface area contributed by atoms with Gasteiger partial charge in [0.1, 0.15) is 5.78 Å². The van der Waals surface area contributed by atoms with Crippen LogP contribution in [0.2, 0.25) is 0 Å². The lowest BCUT2D eigenvalue weighted by molar-refractivity contribution is -0.119. The molecule has 1 saturated carbocycles. The van der Waals surface area contributed by atoms with Gasteiger partial charge in [-0.3, -0.25) is 9.78 Å². The van der Waals surface area contributed by atoms with Gasteiger partial charge in [-0.1, -0.05) is 6.07 Å². The maximum Gasteiger partial charge on any atom is 0.132 e. The van der Waals surface area contributed by atoms with Crippen molar-refractivity contribution in [1.82, 2.24) is 4.98 Å². The van der Waals surface area contributed by atoms with Crippen molar-refractivity contribution < 1.29 is 4.79 Å². The van der Waals surface area contributed by atoms with Crippen LogP contribution in [0.15, 0.2) is 24.4 Å². The smallest absolute Gasteiger partial charge is 0.132 e. The molecule has 1 aromatic rings. The summed E-state index contributed by atoms with van der Waals surface area (Å²) in [6.07, 6.45) is 7.68. The Kier molecular flexibility index (Phi) is 3.49. The van der Waals surface area contributed by atoms with E-state index in [1.807, 2.05) is 18.3 Å². The van der Waals surface area contributed by atoms with Gasteiger partial charge in [0.15, 0.2) is 0 Å². The van der Waals surface area contributed by atoms with Crippen LogP contribution in [0, 0.1) is 0 Å². The maximum atomic E-state index is 11.3. The topological polar surface area (TPSA) is 30.0 Å². The molecular formula is C13H17NO. The zero-order chi connectivity index (χ0) is 10.5. The molecule has 0 bridgehead atoms. The summed E-state index contributed by atoms with van der Waals surface area (Å²) in [6, 6.07) is 6.11. The minimum absolute atomic E-state index is 0.439. The maximum absolute atomic E-state index is 11.3. The molecular weight excluding hydrogens is 186 g/mol. The van der Waals surface area contributed by atoms with Gasteiger partial charge in [0.05, 0.1) is 0 Å². The number of aromatic nitrogens is 1. The molecule has 0 aromatic carbocycles. The van der Waals surface area contributed by atoms with Crippen LogP contribution in [0.1, 0.15) is 50.1 Å². The van der Waals surface area contributed by atoms with Crippen molar-refractivity contribution in [3.8, 4) is 0 Å². The van der Waals surface area contributed by atoms with Crippen LogP contribution >= 0.6 is 0 Å². The van der Waals surface area contributed by atoms with Gasteiger partial charge in [0.25, 0.3) is 0 Å². The van der Waals surface area contributed by atoms with Gasteiger partial charge >= 0.3 is 0 Å². The molecule has 0 atom stereocenters. The Balaban J connectivity index is 2.01. The molecule has 0 unspecified atom stereocenters. The van der Waals surface area contributed by atoms with Crippen molar-refractivity contribution in [1.29, 1.82) is 0 Å². The predicted molar refractivity (Wildman–Crippen MR) is 59.7 cm³/mol. The predicted octanol–water partition coefficient (Wildman–Crippen LogP) is 3.09. The first-order chi connectivity index (χ1) is 7.36. The first-order valence-corrected chi connectivity index (χ1v) is 5.79. The second kappa shape index (κ2) is 5.06. The number of carbonyl (C=O) groups excluding carboxylic acids is 1. The Morgan fingerprint density at radius 2 is 1.87 bits per heavy atom. The highest BCUT2D eigenvalue weighted by atomic mass is 16.1. The van der Waals surface area contributed by atoms with Crippen LogP contribution in [-0.2, 0) is 4.79 Å². The number of hydrogen-bond acceptors (Lipinski definition) is 2. The third-order valence-corrected chi connectivity index (χ3v) is 3.12. The Morgan fingerprint density at radius 1 is 1.13 bits per heavy atom. The molecule has 1 heterocycles. The summed E-state index contributed by atoms with van der Waals surface area (Å²) in [7, 11) is 0. The molecule has 2 nitrogen and oxygen atoms in total. The van der Waals surface area contributed by atoms with Gasteiger partial charge < -0.3 is 0 Å². The van der Waals surface area contributed by atoms with E-state index in [0.29, 0.717) is 11.7 Å². The minimum Gasteiger partial charge on any atom is -0.300 e. The molecule has 80 valence electrons. The van der Waals surface area contributed by atoms with Crippen LogP contribution < -0.4 is 0 Å². The van der Waals surface area contributed by atoms with Gasteiger partial charge in [-0.05, 0) is 37.8 Å². The molecule has 0 amide bonds. The molecule has 2 rings (SSSR count). The summed E-state index contributed by atoms with van der Waals surface area (Å²) in [6.45, 7) is 0. The van der Waals surface area contributed by atoms with E-state index in [0.717, 1.165) is 38.5 Å². The normalized spacial score (nSPS) is 19.6. The number of pyridine rings is 1. The molecule has 0 aliphatic heterocycles. The molecule has 0 saturated heterocycles. The highest BCUT2D eigenvalue weighted by Crippen LogP contribution is 2.28. The van der Waals surface area contributed by atoms with Crippen LogP contribution in [0.4, 0.5) is 0 Å². The van der Waals surface area contributed by atoms with E-state index in [1.165, 1.54) is 5.69 Å². The average molecular weight is 203 g/mol. The van der Waals surface area contributed by atoms with Gasteiger partial charge in [-0.15, -0.1) is 0 Å². The van der Waals surface area contributed by atoms with Gasteiger partial charge in [0.2, 0.25) is 0 Å². The molecule has 0 N–H and O–H groups in total. The minimum atomic E-state index is 0.439. The zero-order valence-electron chi connectivity index (χ0n) is 8.98. The third-order valence-electron chi connectivity index (χ3n) is 3.12. The Labute approximate surface area is 90.7 Å². The molecule has 1 fully saturated rings. The highest BCUT2D eigenvalue weighted by molar-refractivity contribution is 5.78. The molecule has 2 heteroatoms. The van der Waals surface area contributed by atoms with E-state index in [1.54, 1.807) is 0 Å². The van der Waals surface area contributed by atoms with E-state index >= 15 is 0 Å². The van der Waals surface area contributed by atoms with E-state index in [2.05, 4.69) is 11.1 Å².